The first-order chi connectivity index (χ1) is 9.29. The van der Waals surface area contributed by atoms with Crippen molar-refractivity contribution in [2.75, 3.05) is 19.6 Å². The molecule has 3 nitrogen and oxygen atoms in total. The monoisotopic (exact) mass is 292 g/mol. The summed E-state index contributed by atoms with van der Waals surface area (Å²) in [5, 5.41) is 3.12. The van der Waals surface area contributed by atoms with E-state index in [1.54, 1.807) is 6.92 Å². The van der Waals surface area contributed by atoms with Crippen LogP contribution in [0.15, 0.2) is 0 Å². The first kappa shape index (κ1) is 15.6. The van der Waals surface area contributed by atoms with Crippen molar-refractivity contribution in [3.05, 3.63) is 0 Å². The minimum absolute atomic E-state index is 0.240. The number of halogens is 3. The van der Waals surface area contributed by atoms with Gasteiger partial charge in [0.05, 0.1) is 5.41 Å². The van der Waals surface area contributed by atoms with Gasteiger partial charge in [-0.25, -0.2) is 0 Å². The fourth-order valence-corrected chi connectivity index (χ4v) is 3.11. The first-order valence-electron chi connectivity index (χ1n) is 7.37. The topological polar surface area (TPSA) is 32.3 Å². The number of carbonyl (C=O) groups is 1. The second-order valence-electron chi connectivity index (χ2n) is 6.19. The van der Waals surface area contributed by atoms with Gasteiger partial charge in [0, 0.05) is 12.6 Å². The van der Waals surface area contributed by atoms with E-state index in [2.05, 4.69) is 5.32 Å². The predicted octanol–water partition coefficient (Wildman–Crippen LogP) is 2.57. The van der Waals surface area contributed by atoms with Crippen molar-refractivity contribution in [2.45, 2.75) is 51.7 Å². The molecule has 0 aromatic heterocycles. The van der Waals surface area contributed by atoms with Crippen LogP contribution in [0.4, 0.5) is 13.2 Å². The van der Waals surface area contributed by atoms with E-state index in [1.165, 1.54) is 0 Å². The third-order valence-corrected chi connectivity index (χ3v) is 4.78. The van der Waals surface area contributed by atoms with Crippen molar-refractivity contribution < 1.29 is 18.0 Å². The molecule has 1 heterocycles. The molecule has 2 rings (SSSR count). The zero-order valence-electron chi connectivity index (χ0n) is 12.1. The lowest BCUT2D eigenvalue weighted by molar-refractivity contribution is -0.172. The normalized spacial score (nSPS) is 28.4. The van der Waals surface area contributed by atoms with Crippen LogP contribution >= 0.6 is 0 Å². The number of nitrogens with zero attached hydrogens (tertiary/aromatic N) is 1. The zero-order chi connectivity index (χ0) is 15.0. The van der Waals surface area contributed by atoms with Crippen LogP contribution in [-0.2, 0) is 4.79 Å². The summed E-state index contributed by atoms with van der Waals surface area (Å²) in [6, 6.07) is -0.312. The van der Waals surface area contributed by atoms with Gasteiger partial charge < -0.3 is 10.2 Å². The Balaban J connectivity index is 2.18. The average molecular weight is 292 g/mol. The van der Waals surface area contributed by atoms with Gasteiger partial charge in [0.2, 0.25) is 5.91 Å². The van der Waals surface area contributed by atoms with E-state index in [-0.39, 0.29) is 17.9 Å². The van der Waals surface area contributed by atoms with Gasteiger partial charge in [0.1, 0.15) is 6.54 Å². The van der Waals surface area contributed by atoms with E-state index in [0.717, 1.165) is 17.7 Å². The molecule has 0 radical (unpaired) electrons. The number of nitrogens with one attached hydrogen (secondary N) is 1. The van der Waals surface area contributed by atoms with E-state index >= 15 is 0 Å². The molecular weight excluding hydrogens is 269 g/mol. The number of hydrogen-bond donors (Lipinski definition) is 1. The Labute approximate surface area is 117 Å². The number of amides is 1. The third kappa shape index (κ3) is 3.27. The Bertz CT molecular complexity index is 360. The molecule has 1 saturated carbocycles. The average Bonchev–Trinajstić information content (AvgIpc) is 3.11. The van der Waals surface area contributed by atoms with Gasteiger partial charge in [-0.05, 0) is 45.1 Å². The highest BCUT2D eigenvalue weighted by Crippen LogP contribution is 2.39. The number of hydrogen-bond acceptors (Lipinski definition) is 2. The van der Waals surface area contributed by atoms with Crippen LogP contribution in [0, 0.1) is 11.3 Å². The van der Waals surface area contributed by atoms with Crippen molar-refractivity contribution in [3.8, 4) is 0 Å². The maximum absolute atomic E-state index is 12.8. The molecule has 0 spiro atoms. The van der Waals surface area contributed by atoms with Gasteiger partial charge in [-0.3, -0.25) is 4.79 Å². The third-order valence-electron chi connectivity index (χ3n) is 4.78. The van der Waals surface area contributed by atoms with Crippen molar-refractivity contribution in [1.29, 1.82) is 0 Å². The highest BCUT2D eigenvalue weighted by atomic mass is 19.4. The van der Waals surface area contributed by atoms with Crippen LogP contribution in [0.5, 0.6) is 0 Å². The lowest BCUT2D eigenvalue weighted by Gasteiger charge is -2.37. The first-order valence-corrected chi connectivity index (χ1v) is 7.37. The molecule has 20 heavy (non-hydrogen) atoms. The highest BCUT2D eigenvalue weighted by molar-refractivity contribution is 5.83. The molecule has 2 unspecified atom stereocenters. The molecule has 1 saturated heterocycles. The molecule has 0 bridgehead atoms. The SMILES string of the molecule is CCC1(C(=O)N(CC(F)(F)F)C(C)C2CC2)CCNC1. The van der Waals surface area contributed by atoms with Crippen LogP contribution in [0.25, 0.3) is 0 Å². The van der Waals surface area contributed by atoms with Gasteiger partial charge in [0.25, 0.3) is 0 Å². The second kappa shape index (κ2) is 5.54. The zero-order valence-corrected chi connectivity index (χ0v) is 12.1. The van der Waals surface area contributed by atoms with Gasteiger partial charge in [-0.1, -0.05) is 6.92 Å². The maximum Gasteiger partial charge on any atom is 0.406 e. The van der Waals surface area contributed by atoms with Gasteiger partial charge in [-0.15, -0.1) is 0 Å². The smallest absolute Gasteiger partial charge is 0.330 e. The molecule has 6 heteroatoms. The van der Waals surface area contributed by atoms with Crippen LogP contribution in [0.1, 0.15) is 39.5 Å². The fraction of sp³-hybridized carbons (Fsp3) is 0.929. The quantitative estimate of drug-likeness (QED) is 0.844. The lowest BCUT2D eigenvalue weighted by Crippen LogP contribution is -2.52. The molecule has 1 aliphatic carbocycles. The molecule has 2 atom stereocenters. The molecule has 2 aliphatic rings. The minimum Gasteiger partial charge on any atom is -0.330 e. The van der Waals surface area contributed by atoms with Crippen LogP contribution in [-0.4, -0.2) is 42.7 Å². The minimum atomic E-state index is -4.33. The summed E-state index contributed by atoms with van der Waals surface area (Å²) in [4.78, 5) is 13.8. The molecule has 116 valence electrons. The summed E-state index contributed by atoms with van der Waals surface area (Å²) < 4.78 is 38.4. The molecular formula is C14H23F3N2O. The van der Waals surface area contributed by atoms with Gasteiger partial charge >= 0.3 is 6.18 Å². The van der Waals surface area contributed by atoms with Crippen molar-refractivity contribution in [1.82, 2.24) is 10.2 Å². The summed E-state index contributed by atoms with van der Waals surface area (Å²) in [5.41, 5.74) is -0.644. The molecule has 0 aromatic rings. The van der Waals surface area contributed by atoms with Crippen molar-refractivity contribution >= 4 is 5.91 Å². The largest absolute Gasteiger partial charge is 0.406 e. The van der Waals surface area contributed by atoms with Crippen LogP contribution in [0.2, 0.25) is 0 Å². The van der Waals surface area contributed by atoms with E-state index in [4.69, 9.17) is 0 Å². The van der Waals surface area contributed by atoms with Crippen LogP contribution in [0.3, 0.4) is 0 Å². The highest BCUT2D eigenvalue weighted by Gasteiger charge is 2.48. The Hall–Kier alpha value is -0.780. The standard InChI is InChI=1S/C14H23F3N2O/c1-3-13(6-7-18-8-13)12(20)19(9-14(15,16)17)10(2)11-4-5-11/h10-11,18H,3-9H2,1-2H3. The fourth-order valence-electron chi connectivity index (χ4n) is 3.11. The predicted molar refractivity (Wildman–Crippen MR) is 70.2 cm³/mol. The van der Waals surface area contributed by atoms with E-state index in [0.29, 0.717) is 25.9 Å². The Kier molecular flexibility index (Phi) is 4.33. The van der Waals surface area contributed by atoms with E-state index in [1.807, 2.05) is 6.92 Å². The van der Waals surface area contributed by atoms with E-state index < -0.39 is 18.1 Å². The number of carbonyl (C=O) groups excluding carboxylic acids is 1. The number of alkyl halides is 3. The summed E-state index contributed by atoms with van der Waals surface area (Å²) in [7, 11) is 0. The molecule has 1 aliphatic heterocycles. The maximum atomic E-state index is 12.8. The van der Waals surface area contributed by atoms with Crippen LogP contribution < -0.4 is 5.32 Å². The van der Waals surface area contributed by atoms with E-state index in [9.17, 15) is 18.0 Å². The summed E-state index contributed by atoms with van der Waals surface area (Å²) in [5.74, 6) is -0.0775. The second-order valence-corrected chi connectivity index (χ2v) is 6.19. The molecule has 1 N–H and O–H groups in total. The lowest BCUT2D eigenvalue weighted by atomic mass is 9.82. The molecule has 0 aromatic carbocycles. The Morgan fingerprint density at radius 1 is 1.45 bits per heavy atom. The Morgan fingerprint density at radius 3 is 2.50 bits per heavy atom. The van der Waals surface area contributed by atoms with Gasteiger partial charge in [-0.2, -0.15) is 13.2 Å². The van der Waals surface area contributed by atoms with Crippen molar-refractivity contribution in [3.63, 3.8) is 0 Å². The molecule has 2 fully saturated rings. The number of rotatable bonds is 5. The van der Waals surface area contributed by atoms with Gasteiger partial charge in [0.15, 0.2) is 0 Å². The summed E-state index contributed by atoms with van der Waals surface area (Å²) in [6.45, 7) is 3.72. The summed E-state index contributed by atoms with van der Waals surface area (Å²) in [6.07, 6.45) is -1.25. The summed E-state index contributed by atoms with van der Waals surface area (Å²) >= 11 is 0. The Morgan fingerprint density at radius 2 is 2.10 bits per heavy atom. The molecule has 1 amide bonds. The van der Waals surface area contributed by atoms with Crippen molar-refractivity contribution in [2.24, 2.45) is 11.3 Å².